The highest BCUT2D eigenvalue weighted by molar-refractivity contribution is 6.10. The SMILES string of the molecule is COc1cc(/C=C/C(=O)CC(=O)/C=C/c2ccc(O)c(N=O)c2)ccc1O. The molecule has 2 rings (SSSR count). The van der Waals surface area contributed by atoms with Gasteiger partial charge in [0, 0.05) is 0 Å². The average molecular weight is 367 g/mol. The molecule has 0 amide bonds. The molecule has 0 bridgehead atoms. The highest BCUT2D eigenvalue weighted by Crippen LogP contribution is 2.27. The van der Waals surface area contributed by atoms with E-state index in [4.69, 9.17) is 4.74 Å². The number of carbonyl (C=O) groups excluding carboxylic acids is 2. The maximum absolute atomic E-state index is 11.9. The first-order valence-corrected chi connectivity index (χ1v) is 7.88. The predicted molar refractivity (Wildman–Crippen MR) is 101 cm³/mol. The van der Waals surface area contributed by atoms with E-state index < -0.39 is 11.6 Å². The topological polar surface area (TPSA) is 113 Å². The Hall–Kier alpha value is -3.74. The van der Waals surface area contributed by atoms with Crippen LogP contribution in [0.5, 0.6) is 17.2 Å². The van der Waals surface area contributed by atoms with Gasteiger partial charge >= 0.3 is 0 Å². The molecule has 0 aliphatic carbocycles. The zero-order valence-electron chi connectivity index (χ0n) is 14.5. The van der Waals surface area contributed by atoms with Crippen LogP contribution in [0.25, 0.3) is 12.2 Å². The van der Waals surface area contributed by atoms with Crippen molar-refractivity contribution in [1.29, 1.82) is 0 Å². The Morgan fingerprint density at radius 2 is 1.52 bits per heavy atom. The second kappa shape index (κ2) is 9.10. The van der Waals surface area contributed by atoms with E-state index in [9.17, 15) is 24.7 Å². The molecule has 138 valence electrons. The second-order valence-corrected chi connectivity index (χ2v) is 5.55. The van der Waals surface area contributed by atoms with Crippen LogP contribution in [-0.2, 0) is 9.59 Å². The highest BCUT2D eigenvalue weighted by Gasteiger charge is 2.06. The van der Waals surface area contributed by atoms with E-state index in [1.807, 2.05) is 0 Å². The smallest absolute Gasteiger partial charge is 0.163 e. The number of phenolic OH excluding ortho intramolecular Hbond substituents is 2. The Bertz CT molecular complexity index is 930. The molecule has 0 radical (unpaired) electrons. The number of phenols is 2. The molecule has 0 aromatic heterocycles. The molecule has 0 spiro atoms. The van der Waals surface area contributed by atoms with Gasteiger partial charge in [-0.15, -0.1) is 4.91 Å². The first-order valence-electron chi connectivity index (χ1n) is 7.88. The number of allylic oxidation sites excluding steroid dienone is 2. The molecule has 0 fully saturated rings. The summed E-state index contributed by atoms with van der Waals surface area (Å²) in [7, 11) is 1.42. The van der Waals surface area contributed by atoms with E-state index in [1.165, 1.54) is 55.7 Å². The van der Waals surface area contributed by atoms with Crippen molar-refractivity contribution < 1.29 is 24.5 Å². The molecule has 7 heteroatoms. The third kappa shape index (κ3) is 5.64. The number of hydrogen-bond acceptors (Lipinski definition) is 7. The van der Waals surface area contributed by atoms with Gasteiger partial charge in [0.15, 0.2) is 23.1 Å². The standard InChI is InChI=1S/C20H17NO6/c1-27-20-11-14(5-9-19(20)25)3-7-16(23)12-15(22)6-2-13-4-8-18(24)17(10-13)21-26/h2-11,24-25H,12H2,1H3/b6-2+,7-3+. The van der Waals surface area contributed by atoms with E-state index in [-0.39, 0.29) is 29.4 Å². The Morgan fingerprint density at radius 3 is 2.07 bits per heavy atom. The molecule has 0 heterocycles. The number of methoxy groups -OCH3 is 1. The van der Waals surface area contributed by atoms with Gasteiger partial charge in [0.1, 0.15) is 11.4 Å². The zero-order valence-corrected chi connectivity index (χ0v) is 14.5. The molecule has 0 aliphatic rings. The quantitative estimate of drug-likeness (QED) is 0.417. The van der Waals surface area contributed by atoms with E-state index in [2.05, 4.69) is 5.18 Å². The van der Waals surface area contributed by atoms with Crippen LogP contribution >= 0.6 is 0 Å². The minimum absolute atomic E-state index is 0.0107. The third-order valence-electron chi connectivity index (χ3n) is 3.57. The van der Waals surface area contributed by atoms with Gasteiger partial charge in [0.2, 0.25) is 0 Å². The summed E-state index contributed by atoms with van der Waals surface area (Å²) in [5.41, 5.74) is 1.00. The number of rotatable bonds is 8. The van der Waals surface area contributed by atoms with Crippen LogP contribution in [0.15, 0.2) is 53.7 Å². The van der Waals surface area contributed by atoms with Crippen molar-refractivity contribution in [3.63, 3.8) is 0 Å². The lowest BCUT2D eigenvalue weighted by Gasteiger charge is -2.03. The molecule has 0 saturated heterocycles. The van der Waals surface area contributed by atoms with Crippen LogP contribution < -0.4 is 4.74 Å². The molecular weight excluding hydrogens is 350 g/mol. The fourth-order valence-corrected chi connectivity index (χ4v) is 2.18. The highest BCUT2D eigenvalue weighted by atomic mass is 16.5. The summed E-state index contributed by atoms with van der Waals surface area (Å²) >= 11 is 0. The van der Waals surface area contributed by atoms with Crippen molar-refractivity contribution in [3.05, 3.63) is 64.6 Å². The maximum atomic E-state index is 11.9. The van der Waals surface area contributed by atoms with Crippen LogP contribution in [0.1, 0.15) is 17.5 Å². The summed E-state index contributed by atoms with van der Waals surface area (Å²) in [5.74, 6) is -0.788. The van der Waals surface area contributed by atoms with E-state index >= 15 is 0 Å². The minimum Gasteiger partial charge on any atom is -0.506 e. The molecule has 2 N–H and O–H groups in total. The van der Waals surface area contributed by atoms with Crippen molar-refractivity contribution in [1.82, 2.24) is 0 Å². The lowest BCUT2D eigenvalue weighted by Crippen LogP contribution is -2.01. The van der Waals surface area contributed by atoms with E-state index in [1.54, 1.807) is 12.1 Å². The van der Waals surface area contributed by atoms with Crippen LogP contribution in [-0.4, -0.2) is 28.9 Å². The van der Waals surface area contributed by atoms with Crippen LogP contribution in [0.4, 0.5) is 5.69 Å². The Morgan fingerprint density at radius 1 is 0.963 bits per heavy atom. The van der Waals surface area contributed by atoms with Gasteiger partial charge in [0.25, 0.3) is 0 Å². The molecule has 0 aliphatic heterocycles. The molecule has 27 heavy (non-hydrogen) atoms. The van der Waals surface area contributed by atoms with Gasteiger partial charge in [0.05, 0.1) is 13.5 Å². The number of ketones is 2. The fourth-order valence-electron chi connectivity index (χ4n) is 2.18. The van der Waals surface area contributed by atoms with Crippen molar-refractivity contribution in [3.8, 4) is 17.2 Å². The van der Waals surface area contributed by atoms with Gasteiger partial charge in [-0.1, -0.05) is 24.3 Å². The van der Waals surface area contributed by atoms with Crippen molar-refractivity contribution in [2.24, 2.45) is 5.18 Å². The number of carbonyl (C=O) groups is 2. The summed E-state index contributed by atoms with van der Waals surface area (Å²) in [6.07, 6.45) is 5.11. The van der Waals surface area contributed by atoms with Crippen LogP contribution in [0.2, 0.25) is 0 Å². The van der Waals surface area contributed by atoms with E-state index in [0.29, 0.717) is 11.1 Å². The summed E-state index contributed by atoms with van der Waals surface area (Å²) in [6.45, 7) is 0. The van der Waals surface area contributed by atoms with Gasteiger partial charge in [-0.25, -0.2) is 0 Å². The second-order valence-electron chi connectivity index (χ2n) is 5.55. The Labute approximate surface area is 155 Å². The summed E-state index contributed by atoms with van der Waals surface area (Å²) in [5, 5.41) is 21.6. The minimum atomic E-state index is -0.415. The van der Waals surface area contributed by atoms with Gasteiger partial charge in [-0.3, -0.25) is 9.59 Å². The third-order valence-corrected chi connectivity index (χ3v) is 3.57. The summed E-state index contributed by atoms with van der Waals surface area (Å²) in [6, 6.07) is 8.73. The largest absolute Gasteiger partial charge is 0.506 e. The number of ether oxygens (including phenoxy) is 1. The zero-order chi connectivity index (χ0) is 19.8. The van der Waals surface area contributed by atoms with Gasteiger partial charge < -0.3 is 14.9 Å². The number of aromatic hydroxyl groups is 2. The lowest BCUT2D eigenvalue weighted by atomic mass is 10.1. The Balaban J connectivity index is 1.97. The number of nitrogens with zero attached hydrogens (tertiary/aromatic N) is 1. The molecule has 0 unspecified atom stereocenters. The van der Waals surface area contributed by atoms with E-state index in [0.717, 1.165) is 0 Å². The van der Waals surface area contributed by atoms with Gasteiger partial charge in [-0.2, -0.15) is 0 Å². The van der Waals surface area contributed by atoms with Crippen LogP contribution in [0, 0.1) is 4.91 Å². The molecule has 0 atom stereocenters. The molecule has 2 aromatic rings. The van der Waals surface area contributed by atoms with Crippen molar-refractivity contribution >= 4 is 29.4 Å². The number of benzene rings is 2. The molecule has 0 saturated carbocycles. The number of nitroso groups, excluding NO2 is 1. The lowest BCUT2D eigenvalue weighted by molar-refractivity contribution is -0.121. The first-order chi connectivity index (χ1) is 12.9. The average Bonchev–Trinajstić information content (AvgIpc) is 2.66. The maximum Gasteiger partial charge on any atom is 0.163 e. The van der Waals surface area contributed by atoms with Gasteiger partial charge in [-0.05, 0) is 52.7 Å². The summed E-state index contributed by atoms with van der Waals surface area (Å²) in [4.78, 5) is 34.3. The number of hydrogen-bond donors (Lipinski definition) is 2. The fraction of sp³-hybridized carbons (Fsp3) is 0.100. The molecule has 2 aromatic carbocycles. The predicted octanol–water partition coefficient (Wildman–Crippen LogP) is 3.76. The monoisotopic (exact) mass is 367 g/mol. The normalized spacial score (nSPS) is 11.0. The molecule has 7 nitrogen and oxygen atoms in total. The van der Waals surface area contributed by atoms with Crippen molar-refractivity contribution in [2.75, 3.05) is 7.11 Å². The Kier molecular flexibility index (Phi) is 6.60. The summed E-state index contributed by atoms with van der Waals surface area (Å²) < 4.78 is 4.98. The molecular formula is C20H17NO6. The first kappa shape index (κ1) is 19.6. The van der Waals surface area contributed by atoms with Crippen molar-refractivity contribution in [2.45, 2.75) is 6.42 Å². The van der Waals surface area contributed by atoms with Crippen LogP contribution in [0.3, 0.4) is 0 Å².